The number of morpholine rings is 1. The zero-order valence-corrected chi connectivity index (χ0v) is 15.0. The number of rotatable bonds is 5. The fourth-order valence-corrected chi connectivity index (χ4v) is 4.40. The molecule has 26 heavy (non-hydrogen) atoms. The first-order chi connectivity index (χ1) is 12.4. The van der Waals surface area contributed by atoms with Crippen molar-refractivity contribution < 1.29 is 27.9 Å². The van der Waals surface area contributed by atoms with Gasteiger partial charge in [-0.1, -0.05) is 0 Å². The lowest BCUT2D eigenvalue weighted by Crippen LogP contribution is -2.40. The molecule has 1 fully saturated rings. The smallest absolute Gasteiger partial charge is 0.355 e. The van der Waals surface area contributed by atoms with Gasteiger partial charge >= 0.3 is 5.97 Å². The summed E-state index contributed by atoms with van der Waals surface area (Å²) in [5.74, 6) is -1.69. The van der Waals surface area contributed by atoms with Crippen molar-refractivity contribution in [2.75, 3.05) is 31.6 Å². The number of aromatic carboxylic acids is 1. The maximum absolute atomic E-state index is 12.5. The van der Waals surface area contributed by atoms with E-state index in [0.29, 0.717) is 26.3 Å². The van der Waals surface area contributed by atoms with Crippen LogP contribution in [-0.4, -0.2) is 61.0 Å². The number of carbonyl (C=O) groups is 2. The molecule has 1 aromatic carbocycles. The largest absolute Gasteiger partial charge is 0.476 e. The van der Waals surface area contributed by atoms with E-state index in [1.165, 1.54) is 34.0 Å². The minimum absolute atomic E-state index is 0.0957. The minimum atomic E-state index is -3.62. The van der Waals surface area contributed by atoms with Gasteiger partial charge in [0.15, 0.2) is 10.8 Å². The van der Waals surface area contributed by atoms with Gasteiger partial charge in [0.05, 0.1) is 18.1 Å². The Morgan fingerprint density at radius 3 is 2.42 bits per heavy atom. The van der Waals surface area contributed by atoms with Crippen LogP contribution in [0.25, 0.3) is 0 Å². The van der Waals surface area contributed by atoms with Gasteiger partial charge in [0, 0.05) is 24.0 Å². The van der Waals surface area contributed by atoms with Crippen LogP contribution in [0.3, 0.4) is 0 Å². The van der Waals surface area contributed by atoms with E-state index >= 15 is 0 Å². The highest BCUT2D eigenvalue weighted by molar-refractivity contribution is 7.89. The fraction of sp³-hybridized carbons (Fsp3) is 0.267. The summed E-state index contributed by atoms with van der Waals surface area (Å²) in [5.41, 5.74) is 0.0789. The van der Waals surface area contributed by atoms with E-state index in [9.17, 15) is 18.0 Å². The first-order valence-corrected chi connectivity index (χ1v) is 9.88. The molecule has 1 aliphatic heterocycles. The van der Waals surface area contributed by atoms with Crippen molar-refractivity contribution in [1.29, 1.82) is 0 Å². The van der Waals surface area contributed by atoms with E-state index in [0.717, 1.165) is 11.3 Å². The Hall–Kier alpha value is -2.34. The van der Waals surface area contributed by atoms with E-state index in [-0.39, 0.29) is 21.3 Å². The number of hydrogen-bond acceptors (Lipinski definition) is 7. The highest BCUT2D eigenvalue weighted by Crippen LogP contribution is 2.19. The van der Waals surface area contributed by atoms with Gasteiger partial charge in [0.2, 0.25) is 10.0 Å². The lowest BCUT2D eigenvalue weighted by atomic mass is 10.2. The van der Waals surface area contributed by atoms with Crippen LogP contribution in [0.1, 0.15) is 20.8 Å². The highest BCUT2D eigenvalue weighted by atomic mass is 32.2. The van der Waals surface area contributed by atoms with Crippen molar-refractivity contribution in [2.24, 2.45) is 0 Å². The van der Waals surface area contributed by atoms with Crippen molar-refractivity contribution in [3.05, 3.63) is 40.9 Å². The summed E-state index contributed by atoms with van der Waals surface area (Å²) < 4.78 is 31.6. The summed E-state index contributed by atoms with van der Waals surface area (Å²) in [7, 11) is -3.62. The van der Waals surface area contributed by atoms with E-state index in [2.05, 4.69) is 10.3 Å². The Morgan fingerprint density at radius 2 is 1.85 bits per heavy atom. The molecule has 2 aromatic rings. The molecule has 3 rings (SSSR count). The van der Waals surface area contributed by atoms with Crippen LogP contribution in [0, 0.1) is 0 Å². The van der Waals surface area contributed by atoms with Gasteiger partial charge in [-0.15, -0.1) is 11.3 Å². The number of aromatic nitrogens is 1. The summed E-state index contributed by atoms with van der Waals surface area (Å²) in [6.45, 7) is 1.29. The van der Waals surface area contributed by atoms with Crippen LogP contribution >= 0.6 is 11.3 Å². The molecule has 0 saturated carbocycles. The summed E-state index contributed by atoms with van der Waals surface area (Å²) >= 11 is 0.989. The van der Waals surface area contributed by atoms with E-state index in [1.807, 2.05) is 0 Å². The second kappa shape index (κ2) is 7.50. The normalized spacial score (nSPS) is 15.5. The highest BCUT2D eigenvalue weighted by Gasteiger charge is 2.26. The van der Waals surface area contributed by atoms with Crippen molar-refractivity contribution in [3.8, 4) is 0 Å². The minimum Gasteiger partial charge on any atom is -0.476 e. The molecular formula is C15H15N3O6S2. The van der Waals surface area contributed by atoms with E-state index < -0.39 is 21.9 Å². The number of carbonyl (C=O) groups excluding carboxylic acids is 1. The van der Waals surface area contributed by atoms with Gasteiger partial charge in [-0.05, 0) is 24.3 Å². The third kappa shape index (κ3) is 3.90. The molecule has 1 aromatic heterocycles. The number of sulfonamides is 1. The van der Waals surface area contributed by atoms with E-state index in [1.54, 1.807) is 0 Å². The summed E-state index contributed by atoms with van der Waals surface area (Å²) in [4.78, 5) is 26.8. The summed E-state index contributed by atoms with van der Waals surface area (Å²) in [6, 6.07) is 5.53. The van der Waals surface area contributed by atoms with Crippen LogP contribution < -0.4 is 5.32 Å². The van der Waals surface area contributed by atoms with Crippen LogP contribution in [0.15, 0.2) is 34.5 Å². The average molecular weight is 397 g/mol. The Balaban J connectivity index is 1.72. The van der Waals surface area contributed by atoms with Gasteiger partial charge in [-0.3, -0.25) is 10.1 Å². The second-order valence-corrected chi connectivity index (χ2v) is 8.13. The Morgan fingerprint density at radius 1 is 1.19 bits per heavy atom. The molecule has 0 aliphatic carbocycles. The average Bonchev–Trinajstić information content (AvgIpc) is 3.11. The van der Waals surface area contributed by atoms with Gasteiger partial charge in [0.1, 0.15) is 0 Å². The van der Waals surface area contributed by atoms with Crippen LogP contribution in [-0.2, 0) is 14.8 Å². The molecule has 0 atom stereocenters. The number of carboxylic acids is 1. The number of anilines is 1. The van der Waals surface area contributed by atoms with Crippen LogP contribution in [0.2, 0.25) is 0 Å². The van der Waals surface area contributed by atoms with Gasteiger partial charge < -0.3 is 9.84 Å². The number of nitrogens with one attached hydrogen (secondary N) is 1. The number of thiazole rings is 1. The summed E-state index contributed by atoms with van der Waals surface area (Å²) in [6.07, 6.45) is 0. The van der Waals surface area contributed by atoms with Crippen molar-refractivity contribution in [3.63, 3.8) is 0 Å². The van der Waals surface area contributed by atoms with Crippen molar-refractivity contribution >= 4 is 38.4 Å². The Labute approximate surface area is 153 Å². The zero-order valence-electron chi connectivity index (χ0n) is 13.4. The molecule has 0 spiro atoms. The first-order valence-electron chi connectivity index (χ1n) is 7.56. The number of hydrogen-bond donors (Lipinski definition) is 2. The van der Waals surface area contributed by atoms with Crippen LogP contribution in [0.5, 0.6) is 0 Å². The van der Waals surface area contributed by atoms with E-state index in [4.69, 9.17) is 9.84 Å². The predicted molar refractivity (Wildman–Crippen MR) is 93.0 cm³/mol. The van der Waals surface area contributed by atoms with Gasteiger partial charge in [-0.2, -0.15) is 4.31 Å². The maximum atomic E-state index is 12.5. The van der Waals surface area contributed by atoms with Crippen molar-refractivity contribution in [2.45, 2.75) is 4.90 Å². The third-order valence-electron chi connectivity index (χ3n) is 3.67. The molecule has 2 heterocycles. The zero-order chi connectivity index (χ0) is 18.7. The third-order valence-corrected chi connectivity index (χ3v) is 6.34. The standard InChI is InChI=1S/C15H15N3O6S2/c19-13(17-15-16-12(9-25-15)14(20)21)10-1-3-11(4-2-10)26(22,23)18-5-7-24-8-6-18/h1-4,9H,5-8H2,(H,20,21)(H,16,17,19). The Kier molecular flexibility index (Phi) is 5.32. The number of ether oxygens (including phenoxy) is 1. The number of nitrogens with zero attached hydrogens (tertiary/aromatic N) is 2. The molecule has 138 valence electrons. The molecule has 1 saturated heterocycles. The molecule has 1 amide bonds. The second-order valence-electron chi connectivity index (χ2n) is 5.34. The molecule has 11 heteroatoms. The molecule has 9 nitrogen and oxygen atoms in total. The van der Waals surface area contributed by atoms with Crippen molar-refractivity contribution in [1.82, 2.24) is 9.29 Å². The lowest BCUT2D eigenvalue weighted by Gasteiger charge is -2.26. The number of benzene rings is 1. The number of amides is 1. The molecule has 2 N–H and O–H groups in total. The topological polar surface area (TPSA) is 126 Å². The fourth-order valence-electron chi connectivity index (χ4n) is 2.31. The van der Waals surface area contributed by atoms with Crippen LogP contribution in [0.4, 0.5) is 5.13 Å². The Bertz CT molecular complexity index is 917. The predicted octanol–water partition coefficient (Wildman–Crippen LogP) is 1.11. The molecule has 0 unspecified atom stereocenters. The summed E-state index contributed by atoms with van der Waals surface area (Å²) in [5, 5.41) is 12.8. The molecule has 0 radical (unpaired) electrons. The molecule has 1 aliphatic rings. The maximum Gasteiger partial charge on any atom is 0.355 e. The van der Waals surface area contributed by atoms with Gasteiger partial charge in [0.25, 0.3) is 5.91 Å². The SMILES string of the molecule is O=C(Nc1nc(C(=O)O)cs1)c1ccc(S(=O)(=O)N2CCOCC2)cc1. The number of carboxylic acid groups (broad SMARTS) is 1. The monoisotopic (exact) mass is 397 g/mol. The lowest BCUT2D eigenvalue weighted by molar-refractivity contribution is 0.0691. The molecular weight excluding hydrogens is 382 g/mol. The first kappa shape index (κ1) is 18.5. The van der Waals surface area contributed by atoms with Gasteiger partial charge in [-0.25, -0.2) is 18.2 Å². The molecule has 0 bridgehead atoms. The quantitative estimate of drug-likeness (QED) is 0.774.